The average Bonchev–Trinajstić information content (AvgIpc) is 2.85. The normalized spacial score (nSPS) is 23.2. The minimum Gasteiger partial charge on any atom is -0.478 e. The van der Waals surface area contributed by atoms with Crippen molar-refractivity contribution in [1.82, 2.24) is 10.3 Å². The summed E-state index contributed by atoms with van der Waals surface area (Å²) in [7, 11) is 1.75. The minimum absolute atomic E-state index is 0.221. The summed E-state index contributed by atoms with van der Waals surface area (Å²) < 4.78 is 5.31. The molecule has 0 spiro atoms. The first kappa shape index (κ1) is 13.0. The van der Waals surface area contributed by atoms with Crippen LogP contribution in [-0.4, -0.2) is 35.3 Å². The van der Waals surface area contributed by atoms with E-state index < -0.39 is 5.97 Å². The van der Waals surface area contributed by atoms with Gasteiger partial charge in [-0.25, -0.2) is 4.79 Å². The van der Waals surface area contributed by atoms with Gasteiger partial charge in [-0.3, -0.25) is 4.98 Å². The molecule has 1 saturated carbocycles. The fourth-order valence-electron chi connectivity index (χ4n) is 2.24. The topological polar surface area (TPSA) is 71.5 Å². The van der Waals surface area contributed by atoms with Crippen molar-refractivity contribution in [1.29, 1.82) is 0 Å². The van der Waals surface area contributed by atoms with Crippen LogP contribution in [-0.2, 0) is 11.3 Å². The van der Waals surface area contributed by atoms with Crippen molar-refractivity contribution in [3.05, 3.63) is 29.6 Å². The van der Waals surface area contributed by atoms with Crippen molar-refractivity contribution in [3.8, 4) is 0 Å². The molecular formula is C13H18N2O3. The number of pyridine rings is 1. The fourth-order valence-corrected chi connectivity index (χ4v) is 2.24. The number of hydrogen-bond acceptors (Lipinski definition) is 4. The number of carboxylic acids is 1. The van der Waals surface area contributed by atoms with Crippen molar-refractivity contribution < 1.29 is 14.6 Å². The molecule has 0 radical (unpaired) electrons. The minimum atomic E-state index is -0.944. The highest BCUT2D eigenvalue weighted by Crippen LogP contribution is 2.21. The Labute approximate surface area is 106 Å². The third kappa shape index (κ3) is 3.27. The molecule has 18 heavy (non-hydrogen) atoms. The number of methoxy groups -OCH3 is 1. The number of ether oxygens (including phenoxy) is 1. The average molecular weight is 250 g/mol. The molecule has 0 aliphatic heterocycles. The van der Waals surface area contributed by atoms with E-state index in [9.17, 15) is 4.79 Å². The summed E-state index contributed by atoms with van der Waals surface area (Å²) in [5.74, 6) is -0.944. The first-order valence-electron chi connectivity index (χ1n) is 6.13. The number of nitrogens with zero attached hydrogens (tertiary/aromatic N) is 1. The van der Waals surface area contributed by atoms with Crippen LogP contribution in [0.3, 0.4) is 0 Å². The molecule has 0 saturated heterocycles. The van der Waals surface area contributed by atoms with Gasteiger partial charge in [-0.2, -0.15) is 0 Å². The predicted octanol–water partition coefficient (Wildman–Crippen LogP) is 1.44. The van der Waals surface area contributed by atoms with E-state index in [1.165, 1.54) is 6.20 Å². The molecule has 2 unspecified atom stereocenters. The van der Waals surface area contributed by atoms with Gasteiger partial charge in [0, 0.05) is 25.9 Å². The zero-order chi connectivity index (χ0) is 13.0. The third-order valence-corrected chi connectivity index (χ3v) is 3.36. The lowest BCUT2D eigenvalue weighted by molar-refractivity contribution is 0.0696. The van der Waals surface area contributed by atoms with Gasteiger partial charge in [-0.15, -0.1) is 0 Å². The van der Waals surface area contributed by atoms with Gasteiger partial charge in [0.2, 0.25) is 0 Å². The van der Waals surface area contributed by atoms with Gasteiger partial charge < -0.3 is 15.2 Å². The lowest BCUT2D eigenvalue weighted by Crippen LogP contribution is -2.27. The van der Waals surface area contributed by atoms with Crippen LogP contribution < -0.4 is 5.32 Å². The van der Waals surface area contributed by atoms with Gasteiger partial charge in [0.25, 0.3) is 0 Å². The molecule has 98 valence electrons. The van der Waals surface area contributed by atoms with Crippen LogP contribution in [0.4, 0.5) is 0 Å². The van der Waals surface area contributed by atoms with E-state index in [1.54, 1.807) is 19.2 Å². The maximum Gasteiger partial charge on any atom is 0.337 e. The molecule has 0 bridgehead atoms. The summed E-state index contributed by atoms with van der Waals surface area (Å²) in [6.45, 7) is 0.668. The van der Waals surface area contributed by atoms with Crippen LogP contribution in [0.25, 0.3) is 0 Å². The molecule has 1 aliphatic rings. The lowest BCUT2D eigenvalue weighted by Gasteiger charge is -2.12. The highest BCUT2D eigenvalue weighted by Gasteiger charge is 2.23. The first-order chi connectivity index (χ1) is 8.69. The molecular weight excluding hydrogens is 232 g/mol. The number of rotatable bonds is 5. The molecule has 1 aliphatic carbocycles. The molecule has 1 heterocycles. The second-order valence-corrected chi connectivity index (χ2v) is 4.59. The van der Waals surface area contributed by atoms with E-state index in [0.717, 1.165) is 25.0 Å². The maximum absolute atomic E-state index is 10.7. The SMILES string of the molecule is COC1CCC(NCc2ccc(C(=O)O)cn2)C1. The molecule has 5 nitrogen and oxygen atoms in total. The van der Waals surface area contributed by atoms with Gasteiger partial charge in [0.05, 0.1) is 17.4 Å². The second-order valence-electron chi connectivity index (χ2n) is 4.59. The summed E-state index contributed by atoms with van der Waals surface area (Å²) in [5.41, 5.74) is 1.08. The number of aromatic carboxylic acids is 1. The first-order valence-corrected chi connectivity index (χ1v) is 6.13. The van der Waals surface area contributed by atoms with Gasteiger partial charge in [-0.05, 0) is 31.4 Å². The van der Waals surface area contributed by atoms with Crippen LogP contribution >= 0.6 is 0 Å². The highest BCUT2D eigenvalue weighted by atomic mass is 16.5. The monoisotopic (exact) mass is 250 g/mol. The van der Waals surface area contributed by atoms with Crippen LogP contribution in [0.2, 0.25) is 0 Å². The van der Waals surface area contributed by atoms with Crippen molar-refractivity contribution in [2.75, 3.05) is 7.11 Å². The Morgan fingerprint density at radius 1 is 1.56 bits per heavy atom. The van der Waals surface area contributed by atoms with Gasteiger partial charge in [0.15, 0.2) is 0 Å². The quantitative estimate of drug-likeness (QED) is 0.827. The zero-order valence-electron chi connectivity index (χ0n) is 10.4. The molecule has 0 aromatic carbocycles. The Morgan fingerprint density at radius 2 is 2.39 bits per heavy atom. The Hall–Kier alpha value is -1.46. The largest absolute Gasteiger partial charge is 0.478 e. The maximum atomic E-state index is 10.7. The molecule has 2 rings (SSSR count). The van der Waals surface area contributed by atoms with Crippen LogP contribution in [0.5, 0.6) is 0 Å². The molecule has 5 heteroatoms. The number of hydrogen-bond donors (Lipinski definition) is 2. The lowest BCUT2D eigenvalue weighted by atomic mass is 10.2. The van der Waals surface area contributed by atoms with Crippen LogP contribution in [0, 0.1) is 0 Å². The zero-order valence-corrected chi connectivity index (χ0v) is 10.4. The van der Waals surface area contributed by atoms with Crippen molar-refractivity contribution in [3.63, 3.8) is 0 Å². The van der Waals surface area contributed by atoms with E-state index in [-0.39, 0.29) is 5.56 Å². The molecule has 2 atom stereocenters. The summed E-state index contributed by atoms with van der Waals surface area (Å²) >= 11 is 0. The molecule has 1 aromatic rings. The van der Waals surface area contributed by atoms with E-state index in [1.807, 2.05) is 0 Å². The molecule has 0 amide bonds. The van der Waals surface area contributed by atoms with Gasteiger partial charge >= 0.3 is 5.97 Å². The Balaban J connectivity index is 1.82. The summed E-state index contributed by atoms with van der Waals surface area (Å²) in [6, 6.07) is 3.80. The Bertz CT molecular complexity index is 405. The number of nitrogens with one attached hydrogen (secondary N) is 1. The van der Waals surface area contributed by atoms with Crippen molar-refractivity contribution in [2.45, 2.75) is 38.0 Å². The van der Waals surface area contributed by atoms with E-state index in [4.69, 9.17) is 9.84 Å². The van der Waals surface area contributed by atoms with E-state index >= 15 is 0 Å². The van der Waals surface area contributed by atoms with Crippen LogP contribution in [0.15, 0.2) is 18.3 Å². The third-order valence-electron chi connectivity index (χ3n) is 3.36. The summed E-state index contributed by atoms with van der Waals surface area (Å²) in [4.78, 5) is 14.8. The van der Waals surface area contributed by atoms with Crippen LogP contribution in [0.1, 0.15) is 35.3 Å². The smallest absolute Gasteiger partial charge is 0.337 e. The standard InChI is InChI=1S/C13H18N2O3/c1-18-12-5-4-10(6-12)15-8-11-3-2-9(7-14-11)13(16)17/h2-3,7,10,12,15H,4-6,8H2,1H3,(H,16,17). The predicted molar refractivity (Wildman–Crippen MR) is 66.5 cm³/mol. The molecule has 2 N–H and O–H groups in total. The molecule has 1 fully saturated rings. The number of carbonyl (C=O) groups is 1. The Morgan fingerprint density at radius 3 is 2.94 bits per heavy atom. The Kier molecular flexibility index (Phi) is 4.28. The second kappa shape index (κ2) is 5.93. The van der Waals surface area contributed by atoms with E-state index in [2.05, 4.69) is 10.3 Å². The highest BCUT2D eigenvalue weighted by molar-refractivity contribution is 5.87. The van der Waals surface area contributed by atoms with Crippen molar-refractivity contribution >= 4 is 5.97 Å². The van der Waals surface area contributed by atoms with Gasteiger partial charge in [-0.1, -0.05) is 0 Å². The van der Waals surface area contributed by atoms with E-state index in [0.29, 0.717) is 18.7 Å². The summed E-state index contributed by atoms with van der Waals surface area (Å²) in [5, 5.41) is 12.2. The van der Waals surface area contributed by atoms with Crippen molar-refractivity contribution in [2.24, 2.45) is 0 Å². The number of aromatic nitrogens is 1. The number of carboxylic acid groups (broad SMARTS) is 1. The van der Waals surface area contributed by atoms with Gasteiger partial charge in [0.1, 0.15) is 0 Å². The fraction of sp³-hybridized carbons (Fsp3) is 0.538. The molecule has 1 aromatic heterocycles. The summed E-state index contributed by atoms with van der Waals surface area (Å²) in [6.07, 6.45) is 5.01.